The molecule has 9 nitrogen and oxygen atoms in total. The molecule has 0 aliphatic carbocycles. The Hall–Kier alpha value is -3.89. The Labute approximate surface area is 239 Å². The molecule has 3 rings (SSSR count). The Balaban J connectivity index is 2.03. The number of halogens is 4. The molecule has 13 heteroatoms. The van der Waals surface area contributed by atoms with E-state index in [9.17, 15) is 23.1 Å². The van der Waals surface area contributed by atoms with Gasteiger partial charge in [-0.2, -0.15) is 18.4 Å². The molecule has 0 saturated carbocycles. The van der Waals surface area contributed by atoms with Crippen molar-refractivity contribution < 1.29 is 37.7 Å². The molecule has 0 saturated heterocycles. The van der Waals surface area contributed by atoms with E-state index >= 15 is 0 Å². The summed E-state index contributed by atoms with van der Waals surface area (Å²) in [7, 11) is 1.31. The molecule has 1 amide bonds. The zero-order valence-corrected chi connectivity index (χ0v) is 23.1. The number of alkyl halides is 3. The maximum absolute atomic E-state index is 14.5. The number of carbonyl (C=O) groups is 1. The number of nitrogens with zero attached hydrogens (tertiary/aromatic N) is 2. The van der Waals surface area contributed by atoms with Gasteiger partial charge in [-0.05, 0) is 73.7 Å². The predicted octanol–water partition coefficient (Wildman–Crippen LogP) is 4.16. The smallest absolute Gasteiger partial charge is 0.424 e. The molecule has 0 spiro atoms. The first-order chi connectivity index (χ1) is 19.3. The summed E-state index contributed by atoms with van der Waals surface area (Å²) in [5.41, 5.74) is -4.40. The average molecular weight is 593 g/mol. The summed E-state index contributed by atoms with van der Waals surface area (Å²) in [6, 6.07) is 14.5. The Kier molecular flexibility index (Phi) is 9.83. The molecule has 0 radical (unpaired) electrons. The molecule has 1 atom stereocenters. The molecule has 4 N–H and O–H groups in total. The lowest BCUT2D eigenvalue weighted by atomic mass is 9.89. The minimum Gasteiger partial charge on any atom is -0.493 e. The quantitative estimate of drug-likeness (QED) is 0.244. The van der Waals surface area contributed by atoms with Crippen molar-refractivity contribution in [3.8, 4) is 28.8 Å². The second kappa shape index (κ2) is 12.7. The van der Waals surface area contributed by atoms with Crippen LogP contribution in [0.3, 0.4) is 0 Å². The Morgan fingerprint density at radius 1 is 1.10 bits per heavy atom. The number of hydrogen-bond acceptors (Lipinski definition) is 8. The molecule has 3 aromatic rings. The summed E-state index contributed by atoms with van der Waals surface area (Å²) in [6.07, 6.45) is -5.26. The molecule has 0 fully saturated rings. The van der Waals surface area contributed by atoms with Crippen molar-refractivity contribution in [1.82, 2.24) is 15.1 Å². The number of aliphatic hydroxyl groups is 2. The number of rotatable bonds is 11. The molecule has 0 aliphatic rings. The van der Waals surface area contributed by atoms with Crippen molar-refractivity contribution in [3.63, 3.8) is 0 Å². The van der Waals surface area contributed by atoms with Crippen molar-refractivity contribution >= 4 is 17.7 Å². The Bertz CT molecular complexity index is 1430. The maximum atomic E-state index is 14.5. The van der Waals surface area contributed by atoms with Gasteiger partial charge in [-0.3, -0.25) is 4.79 Å². The number of carbonyl (C=O) groups excluding carboxylic acids is 1. The van der Waals surface area contributed by atoms with Gasteiger partial charge in [0.1, 0.15) is 6.61 Å². The van der Waals surface area contributed by atoms with Gasteiger partial charge in [0.25, 0.3) is 5.91 Å². The molecule has 41 heavy (non-hydrogen) atoms. The zero-order chi connectivity index (χ0) is 30.4. The van der Waals surface area contributed by atoms with Gasteiger partial charge in [-0.25, -0.2) is 9.82 Å². The summed E-state index contributed by atoms with van der Waals surface area (Å²) in [5, 5.41) is 31.3. The molecule has 0 aliphatic heterocycles. The van der Waals surface area contributed by atoms with Gasteiger partial charge >= 0.3 is 6.18 Å². The Morgan fingerprint density at radius 2 is 1.78 bits per heavy atom. The second-order valence-corrected chi connectivity index (χ2v) is 9.70. The standard InChI is InChI=1S/C28H28ClF3N4O5/c1-26(2,36-29)20-13-21(18-6-4-17(15-33)5-7-18)35-24(14-20)27(39,28(30,31)32)16-34-25(38)19-8-9-22(41-11-10-37)23(12-19)40-3/h4-9,12-14,36-37,39H,10-11,16H2,1-3H3,(H,34,38)/t27-/m1/s1. The number of hydrogen-bond donors (Lipinski definition) is 4. The van der Waals surface area contributed by atoms with Crippen LogP contribution in [0.2, 0.25) is 0 Å². The van der Waals surface area contributed by atoms with Crippen molar-refractivity contribution in [2.75, 3.05) is 26.9 Å². The van der Waals surface area contributed by atoms with E-state index in [-0.39, 0.29) is 41.5 Å². The third-order valence-electron chi connectivity index (χ3n) is 6.27. The predicted molar refractivity (Wildman–Crippen MR) is 144 cm³/mol. The third-order valence-corrected chi connectivity index (χ3v) is 6.74. The monoisotopic (exact) mass is 592 g/mol. The minimum absolute atomic E-state index is 0.0346. The highest BCUT2D eigenvalue weighted by atomic mass is 35.5. The van der Waals surface area contributed by atoms with Gasteiger partial charge in [-0.1, -0.05) is 12.1 Å². The van der Waals surface area contributed by atoms with Gasteiger partial charge in [-0.15, -0.1) is 0 Å². The molecule has 0 unspecified atom stereocenters. The van der Waals surface area contributed by atoms with Gasteiger partial charge in [0.15, 0.2) is 11.5 Å². The number of ether oxygens (including phenoxy) is 2. The van der Waals surface area contributed by atoms with Crippen LogP contribution in [-0.4, -0.2) is 54.1 Å². The summed E-state index contributed by atoms with van der Waals surface area (Å²) in [6.45, 7) is 1.68. The highest BCUT2D eigenvalue weighted by molar-refractivity contribution is 6.13. The van der Waals surface area contributed by atoms with Crippen LogP contribution in [0.25, 0.3) is 11.3 Å². The van der Waals surface area contributed by atoms with Crippen molar-refractivity contribution in [3.05, 3.63) is 77.0 Å². The number of aromatic nitrogens is 1. The number of pyridine rings is 1. The van der Waals surface area contributed by atoms with Crippen LogP contribution < -0.4 is 19.6 Å². The highest BCUT2D eigenvalue weighted by Crippen LogP contribution is 2.40. The van der Waals surface area contributed by atoms with Gasteiger partial charge < -0.3 is 25.0 Å². The molecule has 1 heterocycles. The highest BCUT2D eigenvalue weighted by Gasteiger charge is 2.56. The van der Waals surface area contributed by atoms with Gasteiger partial charge in [0, 0.05) is 11.1 Å². The van der Waals surface area contributed by atoms with Crippen LogP contribution in [0.5, 0.6) is 11.5 Å². The first kappa shape index (κ1) is 31.6. The molecule has 1 aromatic heterocycles. The van der Waals surface area contributed by atoms with Crippen molar-refractivity contribution in [2.24, 2.45) is 0 Å². The first-order valence-electron chi connectivity index (χ1n) is 12.2. The Morgan fingerprint density at radius 3 is 2.34 bits per heavy atom. The zero-order valence-electron chi connectivity index (χ0n) is 22.3. The van der Waals surface area contributed by atoms with E-state index in [4.69, 9.17) is 31.6 Å². The molecule has 2 aromatic carbocycles. The van der Waals surface area contributed by atoms with E-state index in [2.05, 4.69) is 15.1 Å². The average Bonchev–Trinajstić information content (AvgIpc) is 2.97. The lowest BCUT2D eigenvalue weighted by molar-refractivity contribution is -0.265. The fourth-order valence-corrected chi connectivity index (χ4v) is 3.86. The van der Waals surface area contributed by atoms with E-state index in [1.54, 1.807) is 13.8 Å². The number of methoxy groups -OCH3 is 1. The lowest BCUT2D eigenvalue weighted by Crippen LogP contribution is -2.51. The van der Waals surface area contributed by atoms with Crippen molar-refractivity contribution in [2.45, 2.75) is 31.2 Å². The van der Waals surface area contributed by atoms with E-state index in [0.717, 1.165) is 6.07 Å². The summed E-state index contributed by atoms with van der Waals surface area (Å²) in [4.78, 5) is 19.5. The van der Waals surface area contributed by atoms with Crippen LogP contribution in [-0.2, 0) is 11.1 Å². The van der Waals surface area contributed by atoms with Gasteiger partial charge in [0.2, 0.25) is 5.60 Å². The topological polar surface area (TPSA) is 137 Å². The largest absolute Gasteiger partial charge is 0.493 e. The second-order valence-electron chi connectivity index (χ2n) is 9.51. The van der Waals surface area contributed by atoms with Crippen LogP contribution >= 0.6 is 11.8 Å². The summed E-state index contributed by atoms with van der Waals surface area (Å²) in [5.74, 6) is -0.586. The number of nitriles is 1. The minimum atomic E-state index is -5.26. The van der Waals surface area contributed by atoms with Crippen LogP contribution in [0, 0.1) is 11.3 Å². The van der Waals surface area contributed by atoms with E-state index in [1.807, 2.05) is 6.07 Å². The number of benzene rings is 2. The molecule has 218 valence electrons. The van der Waals surface area contributed by atoms with Crippen LogP contribution in [0.4, 0.5) is 13.2 Å². The fraction of sp³-hybridized carbons (Fsp3) is 0.321. The van der Waals surface area contributed by atoms with Crippen LogP contribution in [0.1, 0.15) is 41.0 Å². The van der Waals surface area contributed by atoms with Crippen LogP contribution in [0.15, 0.2) is 54.6 Å². The number of amides is 1. The van der Waals surface area contributed by atoms with E-state index in [0.29, 0.717) is 11.1 Å². The van der Waals surface area contributed by atoms with Crippen molar-refractivity contribution in [1.29, 1.82) is 5.26 Å². The lowest BCUT2D eigenvalue weighted by Gasteiger charge is -2.32. The normalized spacial score (nSPS) is 13.2. The van der Waals surface area contributed by atoms with Gasteiger partial charge in [0.05, 0.1) is 48.8 Å². The summed E-state index contributed by atoms with van der Waals surface area (Å²) >= 11 is 5.88. The number of aliphatic hydroxyl groups excluding tert-OH is 1. The SMILES string of the molecule is COc1cc(C(=O)NC[C@@](O)(c2cc(C(C)(C)NCl)cc(-c3ccc(C#N)cc3)n2)C(F)(F)F)ccc1OCCO. The van der Waals surface area contributed by atoms with E-state index < -0.39 is 35.5 Å². The first-order valence-corrected chi connectivity index (χ1v) is 12.6. The number of nitrogens with one attached hydrogen (secondary N) is 2. The molecule has 0 bridgehead atoms. The third kappa shape index (κ3) is 7.07. The fourth-order valence-electron chi connectivity index (χ4n) is 3.75. The molecular formula is C28H28ClF3N4O5. The summed E-state index contributed by atoms with van der Waals surface area (Å²) < 4.78 is 54.0. The maximum Gasteiger partial charge on any atom is 0.424 e. The molecular weight excluding hydrogens is 565 g/mol. The van der Waals surface area contributed by atoms with E-state index in [1.165, 1.54) is 55.6 Å².